The normalized spacial score (nSPS) is 10.3. The van der Waals surface area contributed by atoms with Crippen LogP contribution < -0.4 is 0 Å². The van der Waals surface area contributed by atoms with Crippen molar-refractivity contribution in [3.8, 4) is 0 Å². The van der Waals surface area contributed by atoms with Gasteiger partial charge in [-0.3, -0.25) is 0 Å². The molecule has 0 amide bonds. The molecule has 0 rings (SSSR count). The molecule has 0 radical (unpaired) electrons. The van der Waals surface area contributed by atoms with E-state index in [0.29, 0.717) is 0 Å². The van der Waals surface area contributed by atoms with Gasteiger partial charge in [-0.25, -0.2) is 0 Å². The van der Waals surface area contributed by atoms with E-state index in [0.717, 1.165) is 6.61 Å². The average molecular weight is 205 g/mol. The zero-order chi connectivity index (χ0) is 9.07. The Bertz CT molecular complexity index is 66.2. The van der Waals surface area contributed by atoms with E-state index < -0.39 is 0 Å². The Labute approximate surface area is 89.1 Å². The first-order chi connectivity index (χ1) is 5.91. The molecular weight excluding hydrogens is 184 g/mol. The quantitative estimate of drug-likeness (QED) is 0.412. The zero-order valence-corrected chi connectivity index (χ0v) is 9.83. The van der Waals surface area contributed by atoms with Crippen LogP contribution in [0.1, 0.15) is 58.3 Å². The Morgan fingerprint density at radius 2 is 1.33 bits per heavy atom. The van der Waals surface area contributed by atoms with Gasteiger partial charge in [0.25, 0.3) is 0 Å². The number of unbranched alkanes of at least 4 members (excludes halogenated alkanes) is 7. The fraction of sp³-hybridized carbons (Fsp3) is 1.00. The van der Waals surface area contributed by atoms with Crippen LogP contribution in [0.15, 0.2) is 0 Å². The molecule has 2 heteroatoms. The van der Waals surface area contributed by atoms with Crippen molar-refractivity contribution >= 4 is 0 Å². The Hall–Kier alpha value is 0.674. The van der Waals surface area contributed by atoms with Gasteiger partial charge in [-0.2, -0.15) is 0 Å². The molecule has 0 saturated carbocycles. The standard InChI is InChI=1S/C10H21O.Ti/c1-2-3-4-5-6-7-8-9-10-11;/h2-10H2,1H3;/q-1;+1. The van der Waals surface area contributed by atoms with E-state index in [4.69, 9.17) is 3.32 Å². The van der Waals surface area contributed by atoms with Crippen molar-refractivity contribution in [2.75, 3.05) is 6.61 Å². The van der Waals surface area contributed by atoms with Crippen LogP contribution in [0.5, 0.6) is 0 Å². The van der Waals surface area contributed by atoms with Crippen LogP contribution in [0.3, 0.4) is 0 Å². The van der Waals surface area contributed by atoms with Crippen LogP contribution in [-0.4, -0.2) is 6.61 Å². The molecule has 1 nitrogen and oxygen atoms in total. The molecule has 0 spiro atoms. The van der Waals surface area contributed by atoms with Gasteiger partial charge in [0, 0.05) is 0 Å². The van der Waals surface area contributed by atoms with Gasteiger partial charge in [0.05, 0.1) is 0 Å². The van der Waals surface area contributed by atoms with E-state index in [1.54, 1.807) is 20.8 Å². The van der Waals surface area contributed by atoms with E-state index in [9.17, 15) is 0 Å². The summed E-state index contributed by atoms with van der Waals surface area (Å²) in [5.74, 6) is 0. The van der Waals surface area contributed by atoms with E-state index in [-0.39, 0.29) is 0 Å². The summed E-state index contributed by atoms with van der Waals surface area (Å²) in [4.78, 5) is 0. The third-order valence-corrected chi connectivity index (χ3v) is 2.42. The predicted molar refractivity (Wildman–Crippen MR) is 48.6 cm³/mol. The van der Waals surface area contributed by atoms with E-state index in [1.807, 2.05) is 0 Å². The van der Waals surface area contributed by atoms with Crippen molar-refractivity contribution in [2.24, 2.45) is 0 Å². The SMILES string of the molecule is CCCCCCCCCC[O][Ti]. The van der Waals surface area contributed by atoms with Crippen molar-refractivity contribution in [1.82, 2.24) is 0 Å². The van der Waals surface area contributed by atoms with E-state index in [1.165, 1.54) is 51.4 Å². The second kappa shape index (κ2) is 11.7. The fourth-order valence-electron chi connectivity index (χ4n) is 1.31. The van der Waals surface area contributed by atoms with E-state index in [2.05, 4.69) is 6.92 Å². The van der Waals surface area contributed by atoms with Crippen LogP contribution in [0.2, 0.25) is 0 Å². The van der Waals surface area contributed by atoms with Crippen LogP contribution in [0, 0.1) is 0 Å². The zero-order valence-electron chi connectivity index (χ0n) is 8.27. The minimum atomic E-state index is 0.939. The Balaban J connectivity index is 2.73. The molecule has 0 aliphatic heterocycles. The van der Waals surface area contributed by atoms with Crippen molar-refractivity contribution in [2.45, 2.75) is 58.3 Å². The van der Waals surface area contributed by atoms with Crippen LogP contribution in [0.4, 0.5) is 0 Å². The van der Waals surface area contributed by atoms with Crippen molar-refractivity contribution in [1.29, 1.82) is 0 Å². The molecule has 71 valence electrons. The molecule has 0 aromatic carbocycles. The van der Waals surface area contributed by atoms with Gasteiger partial charge < -0.3 is 0 Å². The molecule has 0 aromatic heterocycles. The first-order valence-corrected chi connectivity index (χ1v) is 5.84. The van der Waals surface area contributed by atoms with Crippen molar-refractivity contribution < 1.29 is 24.1 Å². The summed E-state index contributed by atoms with van der Waals surface area (Å²) in [6.07, 6.45) is 11.0. The third kappa shape index (κ3) is 10.7. The van der Waals surface area contributed by atoms with Gasteiger partial charge in [-0.1, -0.05) is 0 Å². The maximum absolute atomic E-state index is 4.99. The third-order valence-electron chi connectivity index (χ3n) is 2.10. The fourth-order valence-corrected chi connectivity index (χ4v) is 1.53. The molecule has 0 unspecified atom stereocenters. The number of rotatable bonds is 9. The van der Waals surface area contributed by atoms with E-state index >= 15 is 0 Å². The predicted octanol–water partition coefficient (Wildman–Crippen LogP) is 3.61. The average Bonchev–Trinajstić information content (AvgIpc) is 2.10. The Morgan fingerprint density at radius 1 is 0.833 bits per heavy atom. The maximum atomic E-state index is 4.99. The summed E-state index contributed by atoms with van der Waals surface area (Å²) >= 11 is 1.78. The summed E-state index contributed by atoms with van der Waals surface area (Å²) in [7, 11) is 0. The monoisotopic (exact) mass is 205 g/mol. The van der Waals surface area contributed by atoms with Gasteiger partial charge in [-0.05, 0) is 0 Å². The Morgan fingerprint density at radius 3 is 1.83 bits per heavy atom. The second-order valence-corrected chi connectivity index (χ2v) is 3.77. The topological polar surface area (TPSA) is 9.23 Å². The summed E-state index contributed by atoms with van der Waals surface area (Å²) in [6, 6.07) is 0. The number of hydrogen-bond donors (Lipinski definition) is 0. The summed E-state index contributed by atoms with van der Waals surface area (Å²) in [6.45, 7) is 3.20. The van der Waals surface area contributed by atoms with Crippen LogP contribution in [-0.2, 0) is 24.1 Å². The molecule has 0 saturated heterocycles. The summed E-state index contributed by atoms with van der Waals surface area (Å²) in [5, 5.41) is 0. The summed E-state index contributed by atoms with van der Waals surface area (Å²) in [5.41, 5.74) is 0. The molecule has 0 heterocycles. The molecular formula is C10H21OTi. The molecule has 0 aromatic rings. The van der Waals surface area contributed by atoms with Gasteiger partial charge in [-0.15, -0.1) is 0 Å². The van der Waals surface area contributed by atoms with Gasteiger partial charge in [0.2, 0.25) is 0 Å². The van der Waals surface area contributed by atoms with Crippen LogP contribution >= 0.6 is 0 Å². The Kier molecular flexibility index (Phi) is 12.3. The summed E-state index contributed by atoms with van der Waals surface area (Å²) < 4.78 is 4.99. The first-order valence-electron chi connectivity index (χ1n) is 5.20. The molecule has 12 heavy (non-hydrogen) atoms. The first kappa shape index (κ1) is 12.7. The van der Waals surface area contributed by atoms with Crippen molar-refractivity contribution in [3.05, 3.63) is 0 Å². The number of hydrogen-bond acceptors (Lipinski definition) is 1. The molecule has 0 bridgehead atoms. The van der Waals surface area contributed by atoms with Crippen molar-refractivity contribution in [3.63, 3.8) is 0 Å². The molecule has 0 fully saturated rings. The van der Waals surface area contributed by atoms with Gasteiger partial charge in [0.1, 0.15) is 0 Å². The minimum absolute atomic E-state index is 0.939. The molecule has 0 aliphatic carbocycles. The van der Waals surface area contributed by atoms with Crippen LogP contribution in [0.25, 0.3) is 0 Å². The molecule has 0 aliphatic rings. The van der Waals surface area contributed by atoms with Gasteiger partial charge in [0.15, 0.2) is 0 Å². The molecule has 0 atom stereocenters. The molecule has 0 N–H and O–H groups in total. The second-order valence-electron chi connectivity index (χ2n) is 3.32. The van der Waals surface area contributed by atoms with Gasteiger partial charge >= 0.3 is 89.0 Å².